The van der Waals surface area contributed by atoms with E-state index in [9.17, 15) is 29.3 Å². The van der Waals surface area contributed by atoms with Crippen LogP contribution in [0.2, 0.25) is 5.02 Å². The van der Waals surface area contributed by atoms with Crippen LogP contribution in [0.5, 0.6) is 0 Å². The molecule has 0 bridgehead atoms. The molecule has 1 heterocycles. The van der Waals surface area contributed by atoms with Gasteiger partial charge in [-0.25, -0.2) is 5.01 Å². The standard InChI is InChI=1S/C23H18Br2ClN3O6/c24-17-9-15-16(10-18(17)25)23(33)28(22(15)32)27(21(31)14-6-1-2-7-19(14)26)11-20(30)12-4-3-5-13(8-12)29(34)35/h1-8,15-18H,9-11H2/t15-,16+,17+,18-. The minimum Gasteiger partial charge on any atom is -0.292 e. The first-order chi connectivity index (χ1) is 16.6. The van der Waals surface area contributed by atoms with Crippen molar-refractivity contribution in [1.82, 2.24) is 10.0 Å². The summed E-state index contributed by atoms with van der Waals surface area (Å²) in [4.78, 5) is 63.8. The second-order valence-corrected chi connectivity index (χ2v) is 11.0. The smallest absolute Gasteiger partial charge is 0.274 e. The van der Waals surface area contributed by atoms with Gasteiger partial charge in [-0.1, -0.05) is 67.7 Å². The normalized spacial score (nSPS) is 23.7. The molecule has 0 aromatic heterocycles. The van der Waals surface area contributed by atoms with Crippen LogP contribution in [0.25, 0.3) is 0 Å². The van der Waals surface area contributed by atoms with Crippen LogP contribution in [0.15, 0.2) is 48.5 Å². The lowest BCUT2D eigenvalue weighted by Crippen LogP contribution is -2.52. The Morgan fingerprint density at radius 3 is 2.20 bits per heavy atom. The number of imide groups is 1. The van der Waals surface area contributed by atoms with Gasteiger partial charge in [0.1, 0.15) is 6.54 Å². The van der Waals surface area contributed by atoms with Crippen LogP contribution in [0.4, 0.5) is 5.69 Å². The largest absolute Gasteiger partial charge is 0.292 e. The van der Waals surface area contributed by atoms with E-state index in [1.165, 1.54) is 30.3 Å². The first-order valence-electron chi connectivity index (χ1n) is 10.6. The third kappa shape index (κ3) is 4.89. The fourth-order valence-corrected chi connectivity index (χ4v) is 5.80. The van der Waals surface area contributed by atoms with E-state index in [2.05, 4.69) is 31.9 Å². The van der Waals surface area contributed by atoms with Crippen molar-refractivity contribution in [3.63, 3.8) is 0 Å². The number of fused-ring (bicyclic) bond motifs is 1. The summed E-state index contributed by atoms with van der Waals surface area (Å²) in [5.41, 5.74) is -0.326. The van der Waals surface area contributed by atoms with Crippen LogP contribution >= 0.6 is 43.5 Å². The Morgan fingerprint density at radius 2 is 1.63 bits per heavy atom. The molecule has 12 heteroatoms. The van der Waals surface area contributed by atoms with Crippen LogP contribution in [0, 0.1) is 22.0 Å². The third-order valence-electron chi connectivity index (χ3n) is 6.14. The zero-order valence-corrected chi connectivity index (χ0v) is 21.9. The van der Waals surface area contributed by atoms with Crippen LogP contribution in [-0.4, -0.2) is 54.6 Å². The van der Waals surface area contributed by atoms with E-state index in [0.29, 0.717) is 12.8 Å². The van der Waals surface area contributed by atoms with Gasteiger partial charge in [0.2, 0.25) is 0 Å². The van der Waals surface area contributed by atoms with Crippen LogP contribution < -0.4 is 0 Å². The molecule has 2 aromatic carbocycles. The highest BCUT2D eigenvalue weighted by molar-refractivity contribution is 9.12. The maximum atomic E-state index is 13.5. The van der Waals surface area contributed by atoms with Gasteiger partial charge in [0.05, 0.1) is 27.3 Å². The molecule has 9 nitrogen and oxygen atoms in total. The van der Waals surface area contributed by atoms with E-state index in [-0.39, 0.29) is 31.5 Å². The number of nitro groups is 1. The van der Waals surface area contributed by atoms with E-state index in [1.54, 1.807) is 12.1 Å². The van der Waals surface area contributed by atoms with Gasteiger partial charge in [-0.2, -0.15) is 5.01 Å². The van der Waals surface area contributed by atoms with Gasteiger partial charge < -0.3 is 0 Å². The number of halogens is 3. The number of nitro benzene ring substituents is 1. The molecule has 3 amide bonds. The number of non-ortho nitro benzene ring substituents is 1. The van der Waals surface area contributed by atoms with Gasteiger partial charge >= 0.3 is 0 Å². The number of hydrogen-bond donors (Lipinski definition) is 0. The Morgan fingerprint density at radius 1 is 1.03 bits per heavy atom. The van der Waals surface area contributed by atoms with Crippen LogP contribution in [-0.2, 0) is 9.59 Å². The van der Waals surface area contributed by atoms with Crippen molar-refractivity contribution in [2.24, 2.45) is 11.8 Å². The zero-order chi connectivity index (χ0) is 25.4. The van der Waals surface area contributed by atoms with Crippen molar-refractivity contribution in [3.05, 3.63) is 74.8 Å². The van der Waals surface area contributed by atoms with E-state index < -0.39 is 46.8 Å². The van der Waals surface area contributed by atoms with E-state index in [4.69, 9.17) is 11.6 Å². The van der Waals surface area contributed by atoms with Crippen molar-refractivity contribution < 1.29 is 24.1 Å². The first-order valence-corrected chi connectivity index (χ1v) is 12.8. The molecule has 1 aliphatic carbocycles. The maximum Gasteiger partial charge on any atom is 0.274 e. The minimum atomic E-state index is -0.805. The quantitative estimate of drug-likeness (QED) is 0.154. The molecular weight excluding hydrogens is 610 g/mol. The molecule has 2 aromatic rings. The van der Waals surface area contributed by atoms with Crippen LogP contribution in [0.1, 0.15) is 33.6 Å². The van der Waals surface area contributed by atoms with E-state index >= 15 is 0 Å². The summed E-state index contributed by atoms with van der Waals surface area (Å²) in [5.74, 6) is -3.92. The summed E-state index contributed by atoms with van der Waals surface area (Å²) in [7, 11) is 0. The number of carbonyl (C=O) groups excluding carboxylic acids is 4. The molecule has 182 valence electrons. The summed E-state index contributed by atoms with van der Waals surface area (Å²) < 4.78 is 0. The van der Waals surface area contributed by atoms with Crippen LogP contribution in [0.3, 0.4) is 0 Å². The van der Waals surface area contributed by atoms with Gasteiger partial charge in [-0.3, -0.25) is 29.3 Å². The summed E-state index contributed by atoms with van der Waals surface area (Å²) in [5, 5.41) is 12.8. The number of alkyl halides is 2. The summed E-state index contributed by atoms with van der Waals surface area (Å²) in [6.45, 7) is -0.683. The van der Waals surface area contributed by atoms with Gasteiger partial charge in [-0.05, 0) is 25.0 Å². The zero-order valence-electron chi connectivity index (χ0n) is 18.0. The monoisotopic (exact) mass is 625 g/mol. The Hall–Kier alpha value is -2.63. The van der Waals surface area contributed by atoms with E-state index in [0.717, 1.165) is 16.1 Å². The van der Waals surface area contributed by atoms with Gasteiger partial charge in [0, 0.05) is 27.4 Å². The molecule has 2 fully saturated rings. The average molecular weight is 628 g/mol. The third-order valence-corrected chi connectivity index (χ3v) is 9.20. The molecule has 0 spiro atoms. The lowest BCUT2D eigenvalue weighted by atomic mass is 9.81. The lowest BCUT2D eigenvalue weighted by Gasteiger charge is -2.30. The fraction of sp³-hybridized carbons (Fsp3) is 0.304. The van der Waals surface area contributed by atoms with Crippen molar-refractivity contribution in [2.75, 3.05) is 6.54 Å². The molecule has 1 aliphatic heterocycles. The predicted molar refractivity (Wildman–Crippen MR) is 133 cm³/mol. The number of hydrogen-bond acceptors (Lipinski definition) is 6. The fourth-order valence-electron chi connectivity index (χ4n) is 4.34. The Labute approximate surface area is 221 Å². The average Bonchev–Trinajstić information content (AvgIpc) is 3.06. The second-order valence-electron chi connectivity index (χ2n) is 8.28. The summed E-state index contributed by atoms with van der Waals surface area (Å²) in [6.07, 6.45) is 0.767. The van der Waals surface area contributed by atoms with Crippen molar-refractivity contribution >= 4 is 72.7 Å². The second kappa shape index (κ2) is 10.2. The molecule has 2 aliphatic rings. The number of Topliss-reactive ketones (excluding diaryl/α,β-unsaturated/α-hetero) is 1. The molecule has 35 heavy (non-hydrogen) atoms. The van der Waals surface area contributed by atoms with Gasteiger partial charge in [0.25, 0.3) is 23.4 Å². The maximum absolute atomic E-state index is 13.5. The number of amides is 3. The summed E-state index contributed by atoms with van der Waals surface area (Å²) >= 11 is 13.2. The minimum absolute atomic E-state index is 0.00761. The molecule has 0 radical (unpaired) electrons. The molecule has 4 rings (SSSR count). The first kappa shape index (κ1) is 25.5. The predicted octanol–water partition coefficient (Wildman–Crippen LogP) is 4.41. The highest BCUT2D eigenvalue weighted by atomic mass is 79.9. The van der Waals surface area contributed by atoms with Crippen molar-refractivity contribution in [1.29, 1.82) is 0 Å². The highest BCUT2D eigenvalue weighted by Crippen LogP contribution is 2.43. The molecule has 1 saturated carbocycles. The number of nitrogens with zero attached hydrogens (tertiary/aromatic N) is 3. The molecule has 1 saturated heterocycles. The molecule has 0 unspecified atom stereocenters. The lowest BCUT2D eigenvalue weighted by molar-refractivity contribution is -0.384. The number of benzene rings is 2. The van der Waals surface area contributed by atoms with Gasteiger partial charge in [-0.15, -0.1) is 0 Å². The Bertz CT molecular complexity index is 1210. The molecule has 0 N–H and O–H groups in total. The topological polar surface area (TPSA) is 118 Å². The van der Waals surface area contributed by atoms with Gasteiger partial charge in [0.15, 0.2) is 5.78 Å². The number of ketones is 1. The summed E-state index contributed by atoms with van der Waals surface area (Å²) in [6, 6.07) is 11.1. The number of hydrazine groups is 1. The molecular formula is C23H18Br2ClN3O6. The van der Waals surface area contributed by atoms with Crippen molar-refractivity contribution in [2.45, 2.75) is 22.5 Å². The Balaban J connectivity index is 1.72. The van der Waals surface area contributed by atoms with E-state index in [1.807, 2.05) is 0 Å². The number of carbonyl (C=O) groups is 4. The molecule has 4 atom stereocenters. The SMILES string of the molecule is O=C(CN(C(=O)c1ccccc1Cl)N1C(=O)[C@H]2C[C@@H](Br)[C@@H](Br)C[C@H]2C1=O)c1cccc([N+](=O)[O-])c1. The Kier molecular flexibility index (Phi) is 7.39. The highest BCUT2D eigenvalue weighted by Gasteiger charge is 2.54. The number of rotatable bonds is 6. The van der Waals surface area contributed by atoms with Crippen molar-refractivity contribution in [3.8, 4) is 0 Å².